The Bertz CT molecular complexity index is 1380. The van der Waals surface area contributed by atoms with Crippen LogP contribution in [0.1, 0.15) is 44.9 Å². The van der Waals surface area contributed by atoms with Gasteiger partial charge in [0, 0.05) is 22.6 Å². The number of ketones is 1. The van der Waals surface area contributed by atoms with Crippen LogP contribution in [0.15, 0.2) is 101 Å². The Morgan fingerprint density at radius 2 is 1.62 bits per heavy atom. The van der Waals surface area contributed by atoms with E-state index in [2.05, 4.69) is 17.4 Å². The molecule has 4 nitrogen and oxygen atoms in total. The zero-order valence-corrected chi connectivity index (χ0v) is 19.9. The lowest BCUT2D eigenvalue weighted by Crippen LogP contribution is -2.37. The summed E-state index contributed by atoms with van der Waals surface area (Å²) >= 11 is 3.01. The van der Waals surface area contributed by atoms with E-state index in [4.69, 9.17) is 0 Å². The van der Waals surface area contributed by atoms with Gasteiger partial charge in [-0.05, 0) is 52.9 Å². The minimum absolute atomic E-state index is 0.0885. The molecule has 6 rings (SSSR count). The van der Waals surface area contributed by atoms with E-state index in [1.54, 1.807) is 11.3 Å². The number of amides is 1. The summed E-state index contributed by atoms with van der Waals surface area (Å²) in [5.41, 5.74) is 4.42. The number of thiophene rings is 2. The van der Waals surface area contributed by atoms with Crippen molar-refractivity contribution in [1.29, 1.82) is 0 Å². The van der Waals surface area contributed by atoms with Crippen LogP contribution in [-0.2, 0) is 4.79 Å². The topological polar surface area (TPSA) is 49.4 Å². The number of para-hydroxylation sites is 2. The Hall–Kier alpha value is -3.48. The van der Waals surface area contributed by atoms with Crippen LogP contribution >= 0.6 is 22.7 Å². The van der Waals surface area contributed by atoms with Gasteiger partial charge in [0.15, 0.2) is 5.78 Å². The summed E-state index contributed by atoms with van der Waals surface area (Å²) in [7, 11) is 0. The Morgan fingerprint density at radius 1 is 0.853 bits per heavy atom. The number of fused-ring (bicyclic) bond motifs is 1. The van der Waals surface area contributed by atoms with E-state index >= 15 is 0 Å². The van der Waals surface area contributed by atoms with Crippen molar-refractivity contribution in [3.8, 4) is 0 Å². The van der Waals surface area contributed by atoms with Gasteiger partial charge in [-0.3, -0.25) is 14.5 Å². The molecule has 1 amide bonds. The number of allylic oxidation sites excluding steroid dienone is 1. The summed E-state index contributed by atoms with van der Waals surface area (Å²) in [5.74, 6) is 0.114. The van der Waals surface area contributed by atoms with Crippen molar-refractivity contribution in [3.05, 3.63) is 116 Å². The third-order valence-electron chi connectivity index (χ3n) is 6.52. The van der Waals surface area contributed by atoms with Crippen molar-refractivity contribution in [2.24, 2.45) is 0 Å². The van der Waals surface area contributed by atoms with E-state index in [1.165, 1.54) is 16.9 Å². The first kappa shape index (κ1) is 21.1. The highest BCUT2D eigenvalue weighted by Crippen LogP contribution is 2.48. The first-order valence-electron chi connectivity index (χ1n) is 11.3. The molecule has 3 heterocycles. The molecule has 1 aliphatic carbocycles. The number of carbonyl (C=O) groups is 2. The SMILES string of the molecule is O=C1C[C@H](c2ccccc2)CC2=C1[C@@H](c1cccs1)N(C(=O)c1cccs1)c1ccccc1N2. The van der Waals surface area contributed by atoms with Gasteiger partial charge in [0.1, 0.15) is 6.04 Å². The lowest BCUT2D eigenvalue weighted by molar-refractivity contribution is -0.116. The van der Waals surface area contributed by atoms with E-state index in [9.17, 15) is 9.59 Å². The highest BCUT2D eigenvalue weighted by Gasteiger charge is 2.42. The Labute approximate surface area is 206 Å². The van der Waals surface area contributed by atoms with E-state index in [1.807, 2.05) is 82.4 Å². The molecule has 1 N–H and O–H groups in total. The van der Waals surface area contributed by atoms with Gasteiger partial charge >= 0.3 is 0 Å². The van der Waals surface area contributed by atoms with Crippen molar-refractivity contribution >= 4 is 45.7 Å². The molecule has 0 radical (unpaired) electrons. The van der Waals surface area contributed by atoms with Crippen LogP contribution in [0, 0.1) is 0 Å². The molecular weight excluding hydrogens is 460 g/mol. The fraction of sp³-hybridized carbons (Fsp3) is 0.143. The number of nitrogens with zero attached hydrogens (tertiary/aromatic N) is 1. The monoisotopic (exact) mass is 482 g/mol. The molecule has 2 atom stereocenters. The Kier molecular flexibility index (Phi) is 5.40. The second kappa shape index (κ2) is 8.70. The third-order valence-corrected chi connectivity index (χ3v) is 8.31. The molecule has 0 saturated carbocycles. The molecule has 0 unspecified atom stereocenters. The predicted octanol–water partition coefficient (Wildman–Crippen LogP) is 7.02. The van der Waals surface area contributed by atoms with Crippen LogP contribution in [0.5, 0.6) is 0 Å². The number of Topliss-reactive ketones (excluding diaryl/α,β-unsaturated/α-hetero) is 1. The molecular formula is C28H22N2O2S2. The largest absolute Gasteiger partial charge is 0.357 e. The van der Waals surface area contributed by atoms with Crippen LogP contribution in [0.3, 0.4) is 0 Å². The van der Waals surface area contributed by atoms with Crippen LogP contribution in [-0.4, -0.2) is 11.7 Å². The average molecular weight is 483 g/mol. The number of carbonyl (C=O) groups excluding carboxylic acids is 2. The molecule has 1 aliphatic heterocycles. The van der Waals surface area contributed by atoms with Crippen LogP contribution < -0.4 is 10.2 Å². The molecule has 0 fully saturated rings. The summed E-state index contributed by atoms with van der Waals surface area (Å²) in [6, 6.07) is 25.4. The number of rotatable bonds is 3. The first-order chi connectivity index (χ1) is 16.7. The van der Waals surface area contributed by atoms with Gasteiger partial charge in [0.25, 0.3) is 5.91 Å². The van der Waals surface area contributed by atoms with Crippen LogP contribution in [0.2, 0.25) is 0 Å². The number of anilines is 2. The molecule has 2 aliphatic rings. The molecule has 2 aromatic carbocycles. The van der Waals surface area contributed by atoms with E-state index in [0.717, 1.165) is 28.4 Å². The third kappa shape index (κ3) is 3.59. The van der Waals surface area contributed by atoms with Gasteiger partial charge in [-0.2, -0.15) is 0 Å². The predicted molar refractivity (Wildman–Crippen MR) is 139 cm³/mol. The van der Waals surface area contributed by atoms with Gasteiger partial charge < -0.3 is 5.32 Å². The lowest BCUT2D eigenvalue weighted by atomic mass is 9.79. The minimum Gasteiger partial charge on any atom is -0.357 e. The van der Waals surface area contributed by atoms with Gasteiger partial charge in [-0.15, -0.1) is 22.7 Å². The number of nitrogens with one attached hydrogen (secondary N) is 1. The zero-order chi connectivity index (χ0) is 23.1. The van der Waals surface area contributed by atoms with Gasteiger partial charge in [0.2, 0.25) is 0 Å². The van der Waals surface area contributed by atoms with Crippen LogP contribution in [0.25, 0.3) is 0 Å². The fourth-order valence-electron chi connectivity index (χ4n) is 5.01. The van der Waals surface area contributed by atoms with E-state index in [0.29, 0.717) is 16.9 Å². The summed E-state index contributed by atoms with van der Waals surface area (Å²) < 4.78 is 0. The number of benzene rings is 2. The maximum Gasteiger partial charge on any atom is 0.269 e. The molecule has 0 saturated heterocycles. The van der Waals surface area contributed by atoms with Crippen molar-refractivity contribution in [2.45, 2.75) is 24.8 Å². The molecule has 168 valence electrons. The highest BCUT2D eigenvalue weighted by molar-refractivity contribution is 7.12. The van der Waals surface area contributed by atoms with Crippen LogP contribution in [0.4, 0.5) is 11.4 Å². The summed E-state index contributed by atoms with van der Waals surface area (Å²) in [6.07, 6.45) is 1.16. The molecule has 0 bridgehead atoms. The fourth-order valence-corrected chi connectivity index (χ4v) is 6.49. The maximum absolute atomic E-state index is 13.9. The van der Waals surface area contributed by atoms with Crippen molar-refractivity contribution in [2.75, 3.05) is 10.2 Å². The molecule has 4 aromatic rings. The molecule has 2 aromatic heterocycles. The molecule has 34 heavy (non-hydrogen) atoms. The standard InChI is InChI=1S/C28H22N2O2S2/c31-23-17-19(18-8-2-1-3-9-18)16-21-26(23)27(24-12-6-14-33-24)30(28(32)25-13-7-15-34-25)22-11-5-4-10-20(22)29-21/h1-15,19,27,29H,16-17H2/t19-,27-/m1/s1. The van der Waals surface area contributed by atoms with Gasteiger partial charge in [-0.1, -0.05) is 54.6 Å². The zero-order valence-electron chi connectivity index (χ0n) is 18.3. The second-order valence-corrected chi connectivity index (χ2v) is 10.5. The normalized spacial score (nSPS) is 19.8. The Balaban J connectivity index is 1.55. The molecule has 6 heteroatoms. The highest BCUT2D eigenvalue weighted by atomic mass is 32.1. The Morgan fingerprint density at radius 3 is 2.38 bits per heavy atom. The second-order valence-electron chi connectivity index (χ2n) is 8.54. The number of hydrogen-bond donors (Lipinski definition) is 1. The van der Waals surface area contributed by atoms with Crippen molar-refractivity contribution in [3.63, 3.8) is 0 Å². The number of hydrogen-bond acceptors (Lipinski definition) is 5. The average Bonchev–Trinajstić information content (AvgIpc) is 3.57. The van der Waals surface area contributed by atoms with Crippen molar-refractivity contribution in [1.82, 2.24) is 0 Å². The summed E-state index contributed by atoms with van der Waals surface area (Å²) in [4.78, 5) is 31.2. The summed E-state index contributed by atoms with van der Waals surface area (Å²) in [6.45, 7) is 0. The first-order valence-corrected chi connectivity index (χ1v) is 13.0. The minimum atomic E-state index is -0.468. The smallest absolute Gasteiger partial charge is 0.269 e. The van der Waals surface area contributed by atoms with E-state index in [-0.39, 0.29) is 17.6 Å². The van der Waals surface area contributed by atoms with Crippen molar-refractivity contribution < 1.29 is 9.59 Å². The van der Waals surface area contributed by atoms with E-state index < -0.39 is 6.04 Å². The maximum atomic E-state index is 13.9. The molecule has 0 spiro atoms. The lowest BCUT2D eigenvalue weighted by Gasteiger charge is -2.34. The van der Waals surface area contributed by atoms with Gasteiger partial charge in [-0.25, -0.2) is 0 Å². The van der Waals surface area contributed by atoms with Gasteiger partial charge in [0.05, 0.1) is 16.3 Å². The quantitative estimate of drug-likeness (QED) is 0.341. The summed E-state index contributed by atoms with van der Waals surface area (Å²) in [5, 5.41) is 7.51.